The van der Waals surface area contributed by atoms with Gasteiger partial charge in [-0.2, -0.15) is 11.8 Å². The van der Waals surface area contributed by atoms with Crippen molar-refractivity contribution < 1.29 is 4.79 Å². The topological polar surface area (TPSA) is 44.4 Å². The van der Waals surface area contributed by atoms with E-state index in [9.17, 15) is 4.79 Å². The van der Waals surface area contributed by atoms with Crippen LogP contribution in [0.2, 0.25) is 0 Å². The number of nitrogens with one attached hydrogen (secondary N) is 2. The third-order valence-electron chi connectivity index (χ3n) is 4.79. The predicted molar refractivity (Wildman–Crippen MR) is 96.7 cm³/mol. The van der Waals surface area contributed by atoms with E-state index in [4.69, 9.17) is 0 Å². The Morgan fingerprint density at radius 1 is 1.30 bits per heavy atom. The molecule has 2 aliphatic heterocycles. The number of hydrogen-bond acceptors (Lipinski definition) is 4. The van der Waals surface area contributed by atoms with Gasteiger partial charge in [0.15, 0.2) is 0 Å². The molecule has 1 aromatic rings. The molecule has 5 heteroatoms. The van der Waals surface area contributed by atoms with E-state index in [2.05, 4.69) is 27.7 Å². The summed E-state index contributed by atoms with van der Waals surface area (Å²) < 4.78 is 0. The molecule has 0 spiro atoms. The quantitative estimate of drug-likeness (QED) is 0.834. The van der Waals surface area contributed by atoms with E-state index < -0.39 is 0 Å². The molecule has 2 saturated heterocycles. The minimum absolute atomic E-state index is 0.140. The largest absolute Gasteiger partial charge is 0.354 e. The summed E-state index contributed by atoms with van der Waals surface area (Å²) in [5.41, 5.74) is 1.11. The van der Waals surface area contributed by atoms with Crippen molar-refractivity contribution in [2.24, 2.45) is 5.92 Å². The van der Waals surface area contributed by atoms with E-state index in [-0.39, 0.29) is 11.9 Å². The maximum absolute atomic E-state index is 12.8. The highest BCUT2D eigenvalue weighted by Crippen LogP contribution is 2.24. The number of hydrogen-bond donors (Lipinski definition) is 2. The van der Waals surface area contributed by atoms with Crippen LogP contribution in [-0.2, 0) is 4.79 Å². The van der Waals surface area contributed by atoms with Gasteiger partial charge >= 0.3 is 0 Å². The predicted octanol–water partition coefficient (Wildman–Crippen LogP) is 1.89. The number of carbonyl (C=O) groups excluding carboxylic acids is 1. The number of thioether (sulfide) groups is 1. The van der Waals surface area contributed by atoms with Crippen LogP contribution in [0.15, 0.2) is 30.3 Å². The summed E-state index contributed by atoms with van der Waals surface area (Å²) in [5.74, 6) is 3.11. The van der Waals surface area contributed by atoms with Gasteiger partial charge in [0.05, 0.1) is 0 Å². The molecular weight excluding hydrogens is 306 g/mol. The highest BCUT2D eigenvalue weighted by atomic mass is 32.2. The molecule has 23 heavy (non-hydrogen) atoms. The summed E-state index contributed by atoms with van der Waals surface area (Å²) in [4.78, 5) is 15.2. The fraction of sp³-hybridized carbons (Fsp3) is 0.611. The minimum atomic E-state index is -0.140. The Morgan fingerprint density at radius 2 is 2.09 bits per heavy atom. The van der Waals surface area contributed by atoms with E-state index in [1.165, 1.54) is 6.42 Å². The molecule has 2 heterocycles. The van der Waals surface area contributed by atoms with Crippen LogP contribution in [0.3, 0.4) is 0 Å². The maximum Gasteiger partial charge on any atom is 0.241 e. The van der Waals surface area contributed by atoms with Gasteiger partial charge < -0.3 is 10.6 Å². The standard InChI is InChI=1S/C18H27N3OS/c22-18(20-9-7-15-6-8-19-14-15)17(16-4-2-1-3-5-16)21-10-12-23-13-11-21/h1-5,15,17,19H,6-14H2,(H,20,22). The monoisotopic (exact) mass is 333 g/mol. The molecule has 0 bridgehead atoms. The second kappa shape index (κ2) is 8.71. The Balaban J connectivity index is 1.60. The molecule has 2 aliphatic rings. The van der Waals surface area contributed by atoms with Crippen molar-refractivity contribution in [1.29, 1.82) is 0 Å². The smallest absolute Gasteiger partial charge is 0.241 e. The Labute approximate surface area is 143 Å². The summed E-state index contributed by atoms with van der Waals surface area (Å²) in [6.07, 6.45) is 2.32. The van der Waals surface area contributed by atoms with Gasteiger partial charge in [-0.15, -0.1) is 0 Å². The molecule has 126 valence electrons. The lowest BCUT2D eigenvalue weighted by Gasteiger charge is -2.33. The van der Waals surface area contributed by atoms with Crippen molar-refractivity contribution in [1.82, 2.24) is 15.5 Å². The third kappa shape index (κ3) is 4.72. The van der Waals surface area contributed by atoms with Gasteiger partial charge in [0.25, 0.3) is 0 Å². The first-order valence-corrected chi connectivity index (χ1v) is 9.85. The summed E-state index contributed by atoms with van der Waals surface area (Å²) >= 11 is 1.98. The lowest BCUT2D eigenvalue weighted by atomic mass is 10.0. The average Bonchev–Trinajstić information content (AvgIpc) is 3.10. The van der Waals surface area contributed by atoms with Gasteiger partial charge in [-0.3, -0.25) is 9.69 Å². The Hall–Kier alpha value is -1.04. The van der Waals surface area contributed by atoms with Crippen LogP contribution in [0.1, 0.15) is 24.4 Å². The van der Waals surface area contributed by atoms with Gasteiger partial charge in [0.2, 0.25) is 5.91 Å². The maximum atomic E-state index is 12.8. The number of nitrogens with zero attached hydrogens (tertiary/aromatic N) is 1. The van der Waals surface area contributed by atoms with Crippen molar-refractivity contribution >= 4 is 17.7 Å². The van der Waals surface area contributed by atoms with Gasteiger partial charge in [0.1, 0.15) is 6.04 Å². The molecule has 2 fully saturated rings. The SMILES string of the molecule is O=C(NCCC1CCNC1)C(c1ccccc1)N1CCSCC1. The van der Waals surface area contributed by atoms with Crippen LogP contribution in [0, 0.1) is 5.92 Å². The van der Waals surface area contributed by atoms with Crippen LogP contribution in [0.5, 0.6) is 0 Å². The highest BCUT2D eigenvalue weighted by Gasteiger charge is 2.28. The van der Waals surface area contributed by atoms with Crippen molar-refractivity contribution in [3.63, 3.8) is 0 Å². The fourth-order valence-electron chi connectivity index (χ4n) is 3.46. The molecule has 0 aliphatic carbocycles. The van der Waals surface area contributed by atoms with Crippen LogP contribution in [0.25, 0.3) is 0 Å². The molecular formula is C18H27N3OS. The summed E-state index contributed by atoms with van der Waals surface area (Å²) in [6.45, 7) is 4.99. The lowest BCUT2D eigenvalue weighted by molar-refractivity contribution is -0.126. The first-order chi connectivity index (χ1) is 11.3. The Bertz CT molecular complexity index is 484. The van der Waals surface area contributed by atoms with Crippen molar-refractivity contribution in [3.05, 3.63) is 35.9 Å². The van der Waals surface area contributed by atoms with Crippen LogP contribution >= 0.6 is 11.8 Å². The molecule has 3 rings (SSSR count). The Kier molecular flexibility index (Phi) is 6.37. The second-order valence-corrected chi connectivity index (χ2v) is 7.62. The van der Waals surface area contributed by atoms with E-state index in [0.29, 0.717) is 0 Å². The molecule has 2 atom stereocenters. The van der Waals surface area contributed by atoms with Crippen molar-refractivity contribution in [2.75, 3.05) is 44.2 Å². The molecule has 0 radical (unpaired) electrons. The minimum Gasteiger partial charge on any atom is -0.354 e. The van der Waals surface area contributed by atoms with Crippen LogP contribution in [-0.4, -0.2) is 55.0 Å². The summed E-state index contributed by atoms with van der Waals surface area (Å²) in [5, 5.41) is 6.58. The zero-order valence-electron chi connectivity index (χ0n) is 13.7. The van der Waals surface area contributed by atoms with Crippen LogP contribution < -0.4 is 10.6 Å². The number of carbonyl (C=O) groups is 1. The lowest BCUT2D eigenvalue weighted by Crippen LogP contribution is -2.44. The molecule has 4 nitrogen and oxygen atoms in total. The second-order valence-electron chi connectivity index (χ2n) is 6.40. The van der Waals surface area contributed by atoms with Crippen LogP contribution in [0.4, 0.5) is 0 Å². The average molecular weight is 334 g/mol. The van der Waals surface area contributed by atoms with E-state index >= 15 is 0 Å². The summed E-state index contributed by atoms with van der Waals surface area (Å²) in [6, 6.07) is 10.1. The number of benzene rings is 1. The van der Waals surface area contributed by atoms with Gasteiger partial charge in [0, 0.05) is 31.1 Å². The van der Waals surface area contributed by atoms with E-state index in [0.717, 1.165) is 62.1 Å². The van der Waals surface area contributed by atoms with E-state index in [1.54, 1.807) is 0 Å². The fourth-order valence-corrected chi connectivity index (χ4v) is 4.39. The van der Waals surface area contributed by atoms with E-state index in [1.807, 2.05) is 30.0 Å². The molecule has 2 N–H and O–H groups in total. The normalized spacial score (nSPS) is 23.6. The summed E-state index contributed by atoms with van der Waals surface area (Å²) in [7, 11) is 0. The van der Waals surface area contributed by atoms with Crippen molar-refractivity contribution in [2.45, 2.75) is 18.9 Å². The molecule has 2 unspecified atom stereocenters. The first-order valence-electron chi connectivity index (χ1n) is 8.70. The molecule has 0 aromatic heterocycles. The highest BCUT2D eigenvalue weighted by molar-refractivity contribution is 7.99. The zero-order chi connectivity index (χ0) is 15.9. The van der Waals surface area contributed by atoms with Gasteiger partial charge in [-0.1, -0.05) is 30.3 Å². The first kappa shape index (κ1) is 16.8. The van der Waals surface area contributed by atoms with Gasteiger partial charge in [-0.05, 0) is 37.4 Å². The van der Waals surface area contributed by atoms with Crippen molar-refractivity contribution in [3.8, 4) is 0 Å². The third-order valence-corrected chi connectivity index (χ3v) is 5.73. The van der Waals surface area contributed by atoms with Gasteiger partial charge in [-0.25, -0.2) is 0 Å². The Morgan fingerprint density at radius 3 is 2.78 bits per heavy atom. The molecule has 1 aromatic carbocycles. The number of amides is 1. The zero-order valence-corrected chi connectivity index (χ0v) is 14.5. The number of rotatable bonds is 6. The molecule has 1 amide bonds. The molecule has 0 saturated carbocycles.